The van der Waals surface area contributed by atoms with E-state index in [-0.39, 0.29) is 32.2 Å². The molecule has 0 saturated heterocycles. The number of quaternary nitrogens is 1. The Morgan fingerprint density at radius 2 is 1.05 bits per heavy atom. The number of likely N-dealkylation sites (N-methyl/N-ethyl adjacent to an activating group) is 1. The predicted octanol–water partition coefficient (Wildman–Crippen LogP) is 6.10. The van der Waals surface area contributed by atoms with E-state index in [1.807, 2.05) is 21.1 Å². The molecule has 2 atom stereocenters. The third-order valence-electron chi connectivity index (χ3n) is 7.35. The first kappa shape index (κ1) is 41.3. The van der Waals surface area contributed by atoms with E-state index in [0.29, 0.717) is 17.4 Å². The van der Waals surface area contributed by atoms with Crippen LogP contribution in [0.25, 0.3) is 0 Å². The smallest absolute Gasteiger partial charge is 0.306 e. The van der Waals surface area contributed by atoms with Crippen LogP contribution in [-0.4, -0.2) is 82.3 Å². The predicted molar refractivity (Wildman–Crippen MR) is 168 cm³/mol. The average Bonchev–Trinajstić information content (AvgIpc) is 2.94. The minimum Gasteiger partial charge on any atom is -0.545 e. The lowest BCUT2D eigenvalue weighted by Gasteiger charge is -2.26. The van der Waals surface area contributed by atoms with Crippen LogP contribution in [0, 0.1) is 0 Å². The Hall–Kier alpha value is -1.71. The Morgan fingerprint density at radius 3 is 1.49 bits per heavy atom. The summed E-state index contributed by atoms with van der Waals surface area (Å²) in [6, 6.07) is 0. The van der Waals surface area contributed by atoms with E-state index in [9.17, 15) is 19.5 Å². The normalized spacial score (nSPS) is 13.0. The van der Waals surface area contributed by atoms with Crippen molar-refractivity contribution in [1.82, 2.24) is 0 Å². The SMILES string of the molecule is CCCCCCCCCCCCC(=O)OC(COC(=O)CCCCCCCCCC)COC(OCC[N+](C)(C)C)C(=O)[O-]. The summed E-state index contributed by atoms with van der Waals surface area (Å²) in [5, 5.41) is 11.6. The lowest BCUT2D eigenvalue weighted by atomic mass is 10.1. The number of carboxylic acid groups (broad SMARTS) is 1. The molecule has 0 saturated carbocycles. The molecule has 0 aliphatic rings. The van der Waals surface area contributed by atoms with Crippen molar-refractivity contribution in [3.8, 4) is 0 Å². The summed E-state index contributed by atoms with van der Waals surface area (Å²) < 4.78 is 22.3. The zero-order valence-electron chi connectivity index (χ0n) is 28.3. The maximum Gasteiger partial charge on any atom is 0.306 e. The van der Waals surface area contributed by atoms with Crippen LogP contribution in [0.1, 0.15) is 142 Å². The van der Waals surface area contributed by atoms with Crippen molar-refractivity contribution in [3.63, 3.8) is 0 Å². The molecule has 0 bridgehead atoms. The van der Waals surface area contributed by atoms with Gasteiger partial charge in [0.25, 0.3) is 0 Å². The highest BCUT2D eigenvalue weighted by Gasteiger charge is 2.21. The van der Waals surface area contributed by atoms with E-state index in [1.165, 1.54) is 77.0 Å². The van der Waals surface area contributed by atoms with Crippen molar-refractivity contribution in [1.29, 1.82) is 0 Å². The summed E-state index contributed by atoms with van der Waals surface area (Å²) in [7, 11) is 5.89. The highest BCUT2D eigenvalue weighted by molar-refractivity contribution is 5.70. The summed E-state index contributed by atoms with van der Waals surface area (Å²) >= 11 is 0. The zero-order valence-corrected chi connectivity index (χ0v) is 28.3. The Balaban J connectivity index is 4.60. The van der Waals surface area contributed by atoms with Gasteiger partial charge in [-0.2, -0.15) is 0 Å². The minimum atomic E-state index is -1.61. The van der Waals surface area contributed by atoms with E-state index in [0.717, 1.165) is 38.5 Å². The fourth-order valence-corrected chi connectivity index (χ4v) is 4.59. The summed E-state index contributed by atoms with van der Waals surface area (Å²) in [5.41, 5.74) is 0. The van der Waals surface area contributed by atoms with Gasteiger partial charge in [-0.1, -0.05) is 117 Å². The molecule has 0 aromatic heterocycles. The molecule has 0 spiro atoms. The van der Waals surface area contributed by atoms with E-state index in [2.05, 4.69) is 13.8 Å². The number of aliphatic carboxylic acids is 1. The lowest BCUT2D eigenvalue weighted by Crippen LogP contribution is -2.44. The number of nitrogens with zero attached hydrogens (tertiary/aromatic N) is 1. The molecule has 0 aromatic rings. The third-order valence-corrected chi connectivity index (χ3v) is 7.35. The number of hydrogen-bond donors (Lipinski definition) is 0. The highest BCUT2D eigenvalue weighted by Crippen LogP contribution is 2.13. The monoisotopic (exact) mass is 615 g/mol. The van der Waals surface area contributed by atoms with Gasteiger partial charge in [-0.15, -0.1) is 0 Å². The molecule has 2 unspecified atom stereocenters. The number of ether oxygens (including phenoxy) is 4. The molecule has 0 fully saturated rings. The van der Waals surface area contributed by atoms with Gasteiger partial charge in [-0.25, -0.2) is 0 Å². The maximum absolute atomic E-state index is 12.6. The van der Waals surface area contributed by atoms with Gasteiger partial charge in [0.2, 0.25) is 0 Å². The molecule has 254 valence electrons. The summed E-state index contributed by atoms with van der Waals surface area (Å²) in [5.74, 6) is -2.29. The first-order valence-electron chi connectivity index (χ1n) is 17.2. The Bertz CT molecular complexity index is 694. The summed E-state index contributed by atoms with van der Waals surface area (Å²) in [6.07, 6.45) is 18.6. The molecule has 0 aliphatic heterocycles. The van der Waals surface area contributed by atoms with Crippen molar-refractivity contribution in [2.75, 3.05) is 47.5 Å². The summed E-state index contributed by atoms with van der Waals surface area (Å²) in [6.45, 7) is 4.67. The molecule has 0 radical (unpaired) electrons. The van der Waals surface area contributed by atoms with Crippen molar-refractivity contribution in [3.05, 3.63) is 0 Å². The second-order valence-electron chi connectivity index (χ2n) is 12.8. The Morgan fingerprint density at radius 1 is 0.605 bits per heavy atom. The molecule has 43 heavy (non-hydrogen) atoms. The second kappa shape index (κ2) is 27.8. The van der Waals surface area contributed by atoms with Gasteiger partial charge in [0.1, 0.15) is 13.2 Å². The lowest BCUT2D eigenvalue weighted by molar-refractivity contribution is -0.870. The quantitative estimate of drug-likeness (QED) is 0.0398. The molecule has 0 aliphatic carbocycles. The van der Waals surface area contributed by atoms with Gasteiger partial charge < -0.3 is 33.3 Å². The molecule has 0 heterocycles. The van der Waals surface area contributed by atoms with Crippen molar-refractivity contribution < 1.29 is 42.9 Å². The van der Waals surface area contributed by atoms with E-state index in [4.69, 9.17) is 18.9 Å². The van der Waals surface area contributed by atoms with Gasteiger partial charge >= 0.3 is 11.9 Å². The molecule has 9 nitrogen and oxygen atoms in total. The minimum absolute atomic E-state index is 0.152. The number of esters is 2. The topological polar surface area (TPSA) is 111 Å². The Labute approximate surface area is 262 Å². The summed E-state index contributed by atoms with van der Waals surface area (Å²) in [4.78, 5) is 36.4. The second-order valence-corrected chi connectivity index (χ2v) is 12.8. The Kier molecular flexibility index (Phi) is 26.7. The van der Waals surface area contributed by atoms with Crippen LogP contribution < -0.4 is 5.11 Å². The molecule has 0 rings (SSSR count). The standard InChI is InChI=1S/C34H65NO8/c1-6-8-10-12-14-16-17-19-21-23-25-32(37)43-30(29-42-34(33(38)39)40-27-26-35(3,4)5)28-41-31(36)24-22-20-18-15-13-11-9-7-2/h30,34H,6-29H2,1-5H3. The zero-order chi connectivity index (χ0) is 32.2. The number of rotatable bonds is 31. The van der Waals surface area contributed by atoms with Crippen LogP contribution in [0.15, 0.2) is 0 Å². The molecular weight excluding hydrogens is 550 g/mol. The van der Waals surface area contributed by atoms with Gasteiger partial charge in [-0.05, 0) is 12.8 Å². The number of hydrogen-bond acceptors (Lipinski definition) is 8. The third kappa shape index (κ3) is 28.8. The average molecular weight is 616 g/mol. The molecule has 0 N–H and O–H groups in total. The molecular formula is C34H65NO8. The van der Waals surface area contributed by atoms with Crippen LogP contribution in [0.4, 0.5) is 0 Å². The molecule has 0 aromatic carbocycles. The number of carboxylic acids is 1. The van der Waals surface area contributed by atoms with Crippen LogP contribution in [0.5, 0.6) is 0 Å². The van der Waals surface area contributed by atoms with Gasteiger partial charge in [-0.3, -0.25) is 9.59 Å². The maximum atomic E-state index is 12.6. The fraction of sp³-hybridized carbons (Fsp3) is 0.912. The van der Waals surface area contributed by atoms with Crippen LogP contribution in [-0.2, 0) is 33.3 Å². The van der Waals surface area contributed by atoms with Crippen LogP contribution in [0.2, 0.25) is 0 Å². The van der Waals surface area contributed by atoms with E-state index < -0.39 is 24.3 Å². The fourth-order valence-electron chi connectivity index (χ4n) is 4.59. The van der Waals surface area contributed by atoms with Crippen LogP contribution >= 0.6 is 0 Å². The first-order chi connectivity index (χ1) is 20.6. The van der Waals surface area contributed by atoms with Gasteiger partial charge in [0.15, 0.2) is 12.4 Å². The van der Waals surface area contributed by atoms with Gasteiger partial charge in [0.05, 0.1) is 40.3 Å². The highest BCUT2D eigenvalue weighted by atomic mass is 16.7. The van der Waals surface area contributed by atoms with Crippen LogP contribution in [0.3, 0.4) is 0 Å². The van der Waals surface area contributed by atoms with Crippen molar-refractivity contribution in [2.24, 2.45) is 0 Å². The van der Waals surface area contributed by atoms with E-state index in [1.54, 1.807) is 0 Å². The number of carbonyl (C=O) groups excluding carboxylic acids is 3. The molecule has 9 heteroatoms. The number of carbonyl (C=O) groups is 3. The largest absolute Gasteiger partial charge is 0.545 e. The van der Waals surface area contributed by atoms with Gasteiger partial charge in [0, 0.05) is 12.8 Å². The van der Waals surface area contributed by atoms with E-state index >= 15 is 0 Å². The number of unbranched alkanes of at least 4 members (excludes halogenated alkanes) is 16. The first-order valence-corrected chi connectivity index (χ1v) is 17.2. The van der Waals surface area contributed by atoms with Crippen molar-refractivity contribution in [2.45, 2.75) is 155 Å². The molecule has 0 amide bonds. The van der Waals surface area contributed by atoms with Crippen molar-refractivity contribution >= 4 is 17.9 Å².